The molecule has 17 heavy (non-hydrogen) atoms. The molecule has 0 saturated carbocycles. The zero-order valence-corrected chi connectivity index (χ0v) is 9.74. The smallest absolute Gasteiger partial charge is 0.116 e. The van der Waals surface area contributed by atoms with E-state index in [0.717, 1.165) is 36.1 Å². The highest BCUT2D eigenvalue weighted by Gasteiger charge is 2.16. The summed E-state index contributed by atoms with van der Waals surface area (Å²) < 4.78 is 0. The van der Waals surface area contributed by atoms with Gasteiger partial charge in [0.15, 0.2) is 0 Å². The van der Waals surface area contributed by atoms with E-state index in [4.69, 9.17) is 0 Å². The van der Waals surface area contributed by atoms with Gasteiger partial charge in [0, 0.05) is 11.1 Å². The molecular weight excluding hydrogens is 214 g/mol. The first kappa shape index (κ1) is 10.6. The predicted octanol–water partition coefficient (Wildman–Crippen LogP) is 1.81. The number of piperidine rings is 1. The third-order valence-electron chi connectivity index (χ3n) is 3.51. The molecule has 1 saturated heterocycles. The van der Waals surface area contributed by atoms with E-state index in [0.29, 0.717) is 11.7 Å². The van der Waals surface area contributed by atoms with E-state index in [9.17, 15) is 5.11 Å². The Morgan fingerprint density at radius 3 is 3.18 bits per heavy atom. The molecule has 1 fully saturated rings. The van der Waals surface area contributed by atoms with Crippen molar-refractivity contribution in [2.45, 2.75) is 19.3 Å². The molecule has 1 aliphatic rings. The Morgan fingerprint density at radius 2 is 2.35 bits per heavy atom. The number of hydrogen-bond donors (Lipinski definition) is 3. The molecule has 4 heteroatoms. The van der Waals surface area contributed by atoms with Gasteiger partial charge >= 0.3 is 0 Å². The Bertz CT molecular complexity index is 514. The number of phenolic OH excluding ortho intramolecular Hbond substituents is 1. The fraction of sp³-hybridized carbons (Fsp3) is 0.462. The molecule has 0 aliphatic carbocycles. The summed E-state index contributed by atoms with van der Waals surface area (Å²) in [6, 6.07) is 5.32. The highest BCUT2D eigenvalue weighted by atomic mass is 16.3. The maximum atomic E-state index is 9.52. The molecule has 0 amide bonds. The average Bonchev–Trinajstić information content (AvgIpc) is 2.73. The maximum Gasteiger partial charge on any atom is 0.116 e. The standard InChI is InChI=1S/C13H17N3O/c17-10-3-4-12-11(7-10)13(16-15-12)6-9-2-1-5-14-8-9/h3-4,7,9,14,17H,1-2,5-6,8H2,(H,15,16). The highest BCUT2D eigenvalue weighted by Crippen LogP contribution is 2.24. The number of aromatic amines is 1. The number of benzene rings is 1. The third-order valence-corrected chi connectivity index (χ3v) is 3.51. The van der Waals surface area contributed by atoms with Crippen LogP contribution in [0.25, 0.3) is 10.9 Å². The second-order valence-corrected chi connectivity index (χ2v) is 4.82. The van der Waals surface area contributed by atoms with Gasteiger partial charge in [-0.25, -0.2) is 0 Å². The van der Waals surface area contributed by atoms with Gasteiger partial charge in [0.05, 0.1) is 5.52 Å². The van der Waals surface area contributed by atoms with Crippen molar-refractivity contribution >= 4 is 10.9 Å². The zero-order valence-electron chi connectivity index (χ0n) is 9.74. The Hall–Kier alpha value is -1.55. The number of fused-ring (bicyclic) bond motifs is 1. The molecule has 90 valence electrons. The van der Waals surface area contributed by atoms with Crippen LogP contribution < -0.4 is 5.32 Å². The lowest BCUT2D eigenvalue weighted by Crippen LogP contribution is -2.30. The van der Waals surface area contributed by atoms with Crippen molar-refractivity contribution in [3.05, 3.63) is 23.9 Å². The summed E-state index contributed by atoms with van der Waals surface area (Å²) in [5, 5.41) is 21.4. The Balaban J connectivity index is 1.86. The first-order chi connectivity index (χ1) is 8.33. The maximum absolute atomic E-state index is 9.52. The van der Waals surface area contributed by atoms with Gasteiger partial charge in [0.25, 0.3) is 0 Å². The Kier molecular flexibility index (Phi) is 2.73. The van der Waals surface area contributed by atoms with Gasteiger partial charge in [0.1, 0.15) is 5.75 Å². The second kappa shape index (κ2) is 4.37. The van der Waals surface area contributed by atoms with Crippen LogP contribution >= 0.6 is 0 Å². The number of aromatic nitrogens is 2. The molecule has 0 bridgehead atoms. The van der Waals surface area contributed by atoms with E-state index in [1.165, 1.54) is 12.8 Å². The average molecular weight is 231 g/mol. The summed E-state index contributed by atoms with van der Waals surface area (Å²) in [5.74, 6) is 0.983. The number of nitrogens with one attached hydrogen (secondary N) is 2. The van der Waals surface area contributed by atoms with Crippen LogP contribution in [0, 0.1) is 5.92 Å². The van der Waals surface area contributed by atoms with Gasteiger partial charge in [-0.3, -0.25) is 5.10 Å². The van der Waals surface area contributed by atoms with Crippen LogP contribution in [0.2, 0.25) is 0 Å². The summed E-state index contributed by atoms with van der Waals surface area (Å²) in [6.07, 6.45) is 3.53. The Labute approximate surface area is 100 Å². The van der Waals surface area contributed by atoms with Crippen molar-refractivity contribution in [1.29, 1.82) is 0 Å². The molecule has 2 aromatic rings. The lowest BCUT2D eigenvalue weighted by atomic mass is 9.94. The summed E-state index contributed by atoms with van der Waals surface area (Å²) in [7, 11) is 0. The van der Waals surface area contributed by atoms with Crippen LogP contribution in [0.5, 0.6) is 5.75 Å². The minimum absolute atomic E-state index is 0.307. The van der Waals surface area contributed by atoms with Crippen molar-refractivity contribution in [2.75, 3.05) is 13.1 Å². The van der Waals surface area contributed by atoms with Crippen molar-refractivity contribution < 1.29 is 5.11 Å². The monoisotopic (exact) mass is 231 g/mol. The summed E-state index contributed by atoms with van der Waals surface area (Å²) in [5.41, 5.74) is 2.08. The molecule has 4 nitrogen and oxygen atoms in total. The van der Waals surface area contributed by atoms with E-state index in [1.807, 2.05) is 6.07 Å². The molecule has 0 spiro atoms. The van der Waals surface area contributed by atoms with Crippen molar-refractivity contribution in [1.82, 2.24) is 15.5 Å². The molecule has 1 aliphatic heterocycles. The molecule has 3 rings (SSSR count). The van der Waals surface area contributed by atoms with E-state index in [-0.39, 0.29) is 0 Å². The lowest BCUT2D eigenvalue weighted by Gasteiger charge is -2.22. The highest BCUT2D eigenvalue weighted by molar-refractivity contribution is 5.82. The van der Waals surface area contributed by atoms with Gasteiger partial charge < -0.3 is 10.4 Å². The zero-order chi connectivity index (χ0) is 11.7. The first-order valence-corrected chi connectivity index (χ1v) is 6.19. The number of H-pyrrole nitrogens is 1. The molecule has 1 aromatic heterocycles. The van der Waals surface area contributed by atoms with Gasteiger partial charge in [-0.15, -0.1) is 0 Å². The molecule has 1 unspecified atom stereocenters. The number of hydrogen-bond acceptors (Lipinski definition) is 3. The van der Waals surface area contributed by atoms with Crippen LogP contribution in [0.15, 0.2) is 18.2 Å². The van der Waals surface area contributed by atoms with Gasteiger partial charge in [-0.2, -0.15) is 5.10 Å². The van der Waals surface area contributed by atoms with Crippen molar-refractivity contribution in [3.63, 3.8) is 0 Å². The molecule has 1 atom stereocenters. The molecular formula is C13H17N3O. The lowest BCUT2D eigenvalue weighted by molar-refractivity contribution is 0.374. The fourth-order valence-corrected chi connectivity index (χ4v) is 2.59. The number of phenols is 1. The molecule has 1 aromatic carbocycles. The van der Waals surface area contributed by atoms with E-state index in [2.05, 4.69) is 15.5 Å². The second-order valence-electron chi connectivity index (χ2n) is 4.82. The number of rotatable bonds is 2. The minimum atomic E-state index is 0.307. The SMILES string of the molecule is Oc1ccc2n[nH]c(CC3CCCNC3)c2c1. The van der Waals surface area contributed by atoms with Crippen LogP contribution in [-0.4, -0.2) is 28.4 Å². The fourth-order valence-electron chi connectivity index (χ4n) is 2.59. The summed E-state index contributed by atoms with van der Waals surface area (Å²) in [4.78, 5) is 0. The molecule has 0 radical (unpaired) electrons. The first-order valence-electron chi connectivity index (χ1n) is 6.19. The van der Waals surface area contributed by atoms with Crippen LogP contribution in [0.3, 0.4) is 0 Å². The largest absolute Gasteiger partial charge is 0.508 e. The summed E-state index contributed by atoms with van der Waals surface area (Å²) in [6.45, 7) is 2.22. The van der Waals surface area contributed by atoms with Gasteiger partial charge in [-0.05, 0) is 56.5 Å². The van der Waals surface area contributed by atoms with Crippen LogP contribution in [0.4, 0.5) is 0 Å². The van der Waals surface area contributed by atoms with Gasteiger partial charge in [-0.1, -0.05) is 0 Å². The van der Waals surface area contributed by atoms with Crippen LogP contribution in [0.1, 0.15) is 18.5 Å². The number of nitrogens with zero attached hydrogens (tertiary/aromatic N) is 1. The van der Waals surface area contributed by atoms with Gasteiger partial charge in [0.2, 0.25) is 0 Å². The minimum Gasteiger partial charge on any atom is -0.508 e. The normalized spacial score (nSPS) is 20.8. The van der Waals surface area contributed by atoms with Crippen LogP contribution in [-0.2, 0) is 6.42 Å². The van der Waals surface area contributed by atoms with E-state index >= 15 is 0 Å². The quantitative estimate of drug-likeness (QED) is 0.738. The third kappa shape index (κ3) is 2.13. The van der Waals surface area contributed by atoms with E-state index in [1.54, 1.807) is 12.1 Å². The topological polar surface area (TPSA) is 60.9 Å². The van der Waals surface area contributed by atoms with Crippen molar-refractivity contribution in [3.8, 4) is 5.75 Å². The molecule has 2 heterocycles. The summed E-state index contributed by atoms with van der Waals surface area (Å²) >= 11 is 0. The Morgan fingerprint density at radius 1 is 1.41 bits per heavy atom. The molecule has 3 N–H and O–H groups in total. The van der Waals surface area contributed by atoms with Crippen molar-refractivity contribution in [2.24, 2.45) is 5.92 Å². The number of aromatic hydroxyl groups is 1. The van der Waals surface area contributed by atoms with E-state index < -0.39 is 0 Å². The predicted molar refractivity (Wildman–Crippen MR) is 67.1 cm³/mol.